The highest BCUT2D eigenvalue weighted by Gasteiger charge is 2.55. The number of quaternary nitrogens is 1. The summed E-state index contributed by atoms with van der Waals surface area (Å²) in [7, 11) is 0. The van der Waals surface area contributed by atoms with Gasteiger partial charge in [-0.1, -0.05) is 5.16 Å². The van der Waals surface area contributed by atoms with Gasteiger partial charge < -0.3 is 45.9 Å². The minimum Gasteiger partial charge on any atom is -0.504 e. The zero-order valence-electron chi connectivity index (χ0n) is 28.5. The second-order valence-corrected chi connectivity index (χ2v) is 14.9. The average Bonchev–Trinajstić information content (AvgIpc) is 3.77. The van der Waals surface area contributed by atoms with Crippen molar-refractivity contribution in [2.45, 2.75) is 56.8 Å². The number of nitrogen functional groups attached to an aromatic ring is 1. The third-order valence-electron chi connectivity index (χ3n) is 9.37. The van der Waals surface area contributed by atoms with E-state index < -0.39 is 70.6 Å². The number of thioether (sulfide) groups is 1. The van der Waals surface area contributed by atoms with Crippen LogP contribution in [0.15, 0.2) is 38.7 Å². The molecule has 2 fully saturated rings. The van der Waals surface area contributed by atoms with Gasteiger partial charge in [0.15, 0.2) is 28.0 Å². The number of hydrogen-bond donors (Lipinski definition) is 7. The Morgan fingerprint density at radius 2 is 1.81 bits per heavy atom. The van der Waals surface area contributed by atoms with E-state index in [1.54, 1.807) is 4.68 Å². The molecule has 20 nitrogen and oxygen atoms in total. The topological polar surface area (TPSA) is 297 Å². The number of β-lactam (4-membered cyclic amide) rings is 1. The number of phenols is 2. The molecule has 2 amide bonds. The van der Waals surface area contributed by atoms with E-state index in [2.05, 4.69) is 20.6 Å². The molecule has 8 N–H and O–H groups in total. The highest BCUT2D eigenvalue weighted by atomic mass is 32.2. The molecule has 0 saturated carbocycles. The predicted molar refractivity (Wildman–Crippen MR) is 190 cm³/mol. The van der Waals surface area contributed by atoms with Crippen LogP contribution in [0.3, 0.4) is 0 Å². The number of benzene rings is 1. The quantitative estimate of drug-likeness (QED) is 0.0374. The lowest BCUT2D eigenvalue weighted by Gasteiger charge is -2.50. The number of rotatable bonds is 14. The number of amides is 2. The summed E-state index contributed by atoms with van der Waals surface area (Å²) in [5.74, 6) is -6.95. The number of thiazole rings is 1. The lowest BCUT2D eigenvalue weighted by atomic mass is 10.0. The standard InChI is InChI=1S/C32H34N8O12S2/c1-2-38-18-8-20(42)19(41)7-15(18)26(45)16(36-38)11-40(5-3-4-6-40)10-14-12-53-29-24(28(47)39(29)25(14)31(50)51)35-27(46)23(17-13-54-32(33)34-17)37-52-21(30(48)49)9-22(43)44/h7-8,13,21,24,29H,2-6,9-12H2,1H3,(H7-,33,34,35,36,37,41,42,43,44,45,46,48,49,50,51)/p+1/t21-,24+,29+/m0/s1. The van der Waals surface area contributed by atoms with Gasteiger partial charge in [-0.2, -0.15) is 5.10 Å². The Morgan fingerprint density at radius 1 is 1.11 bits per heavy atom. The first-order valence-electron chi connectivity index (χ1n) is 16.5. The SMILES string of the molecule is CCn1nc(C[N+]2(CC3=C(C(=O)O)N4C(=O)[C@@H](NC(=O)/C(=N\O[C@@H](CC(=O)O)C(=O)O)c5csc(N)n5)[C@H]4SC3)CCCC2)c(=O)c2cc(O)c(O)cc21. The molecule has 3 aliphatic heterocycles. The fourth-order valence-corrected chi connectivity index (χ4v) is 8.75. The number of carbonyl (C=O) groups is 5. The van der Waals surface area contributed by atoms with Crippen LogP contribution in [0, 0.1) is 0 Å². The van der Waals surface area contributed by atoms with Gasteiger partial charge in [-0.25, -0.2) is 14.6 Å². The molecule has 0 radical (unpaired) electrons. The maximum atomic E-state index is 13.7. The fourth-order valence-electron chi connectivity index (χ4n) is 6.87. The molecule has 0 aliphatic carbocycles. The first-order chi connectivity index (χ1) is 25.6. The Hall–Kier alpha value is -5.74. The van der Waals surface area contributed by atoms with Crippen LogP contribution >= 0.6 is 23.1 Å². The monoisotopic (exact) mass is 787 g/mol. The third-order valence-corrected chi connectivity index (χ3v) is 11.4. The van der Waals surface area contributed by atoms with E-state index in [0.29, 0.717) is 30.7 Å². The zero-order valence-corrected chi connectivity index (χ0v) is 30.1. The number of nitrogens with one attached hydrogen (secondary N) is 1. The van der Waals surface area contributed by atoms with Gasteiger partial charge in [0.2, 0.25) is 11.5 Å². The Bertz CT molecular complexity index is 2190. The van der Waals surface area contributed by atoms with Gasteiger partial charge in [0.25, 0.3) is 11.8 Å². The lowest BCUT2D eigenvalue weighted by Crippen LogP contribution is -2.71. The molecule has 5 heterocycles. The summed E-state index contributed by atoms with van der Waals surface area (Å²) in [6.07, 6.45) is -1.32. The van der Waals surface area contributed by atoms with Crippen LogP contribution in [0.5, 0.6) is 11.5 Å². The summed E-state index contributed by atoms with van der Waals surface area (Å²) < 4.78 is 1.84. The number of anilines is 1. The number of aryl methyl sites for hydroxylation is 1. The molecule has 0 bridgehead atoms. The van der Waals surface area contributed by atoms with Crippen LogP contribution in [0.25, 0.3) is 10.9 Å². The van der Waals surface area contributed by atoms with Crippen molar-refractivity contribution >= 4 is 74.6 Å². The number of aromatic nitrogens is 3. The fraction of sp³-hybridized carbons (Fsp3) is 0.406. The highest BCUT2D eigenvalue weighted by Crippen LogP contribution is 2.42. The number of aromatic hydroxyl groups is 2. The van der Waals surface area contributed by atoms with Crippen LogP contribution < -0.4 is 16.5 Å². The van der Waals surface area contributed by atoms with E-state index in [0.717, 1.165) is 29.1 Å². The molecular weight excluding hydrogens is 753 g/mol. The molecule has 6 rings (SSSR count). The average molecular weight is 788 g/mol. The van der Waals surface area contributed by atoms with Crippen molar-refractivity contribution in [3.63, 3.8) is 0 Å². The lowest BCUT2D eigenvalue weighted by molar-refractivity contribution is -0.925. The first kappa shape index (κ1) is 38.0. The summed E-state index contributed by atoms with van der Waals surface area (Å²) in [6.45, 7) is 3.72. The van der Waals surface area contributed by atoms with Crippen LogP contribution in [0.1, 0.15) is 37.6 Å². The number of carboxylic acids is 3. The maximum absolute atomic E-state index is 13.7. The molecule has 2 aromatic heterocycles. The van der Waals surface area contributed by atoms with Crippen molar-refractivity contribution in [3.8, 4) is 11.5 Å². The molecule has 0 spiro atoms. The van der Waals surface area contributed by atoms with Gasteiger partial charge in [-0.15, -0.1) is 23.1 Å². The third kappa shape index (κ3) is 7.26. The number of nitrogens with zero attached hydrogens (tertiary/aromatic N) is 6. The number of fused-ring (bicyclic) bond motifs is 2. The van der Waals surface area contributed by atoms with E-state index in [4.69, 9.17) is 15.7 Å². The Kier molecular flexibility index (Phi) is 10.5. The second kappa shape index (κ2) is 14.9. The Balaban J connectivity index is 1.25. The van der Waals surface area contributed by atoms with Crippen molar-refractivity contribution in [1.29, 1.82) is 0 Å². The van der Waals surface area contributed by atoms with Gasteiger partial charge in [-0.3, -0.25) is 28.8 Å². The smallest absolute Gasteiger partial charge is 0.352 e. The molecule has 54 heavy (non-hydrogen) atoms. The molecule has 286 valence electrons. The maximum Gasteiger partial charge on any atom is 0.352 e. The van der Waals surface area contributed by atoms with Crippen LogP contribution in [-0.2, 0) is 41.9 Å². The van der Waals surface area contributed by atoms with Crippen molar-refractivity contribution in [3.05, 3.63) is 50.4 Å². The predicted octanol–water partition coefficient (Wildman–Crippen LogP) is 0.0643. The van der Waals surface area contributed by atoms with Gasteiger partial charge in [0.05, 0.1) is 30.4 Å². The molecular formula is C32H35N8O12S2+. The number of nitrogens with two attached hydrogens (primary N) is 1. The van der Waals surface area contributed by atoms with E-state index in [9.17, 15) is 49.2 Å². The van der Waals surface area contributed by atoms with E-state index in [1.807, 2.05) is 6.92 Å². The number of carboxylic acid groups (broad SMARTS) is 3. The Labute approximate surface area is 312 Å². The van der Waals surface area contributed by atoms with Crippen LogP contribution in [0.2, 0.25) is 0 Å². The van der Waals surface area contributed by atoms with E-state index in [-0.39, 0.29) is 56.7 Å². The molecule has 1 aromatic carbocycles. The van der Waals surface area contributed by atoms with Crippen LogP contribution in [0.4, 0.5) is 5.13 Å². The second-order valence-electron chi connectivity index (χ2n) is 12.9. The summed E-state index contributed by atoms with van der Waals surface area (Å²) in [4.78, 5) is 86.0. The molecule has 2 saturated heterocycles. The number of likely N-dealkylation sites (tertiary alicyclic amines) is 1. The minimum absolute atomic E-state index is 0.0220. The largest absolute Gasteiger partial charge is 0.504 e. The summed E-state index contributed by atoms with van der Waals surface area (Å²) in [6, 6.07) is 1.25. The van der Waals surface area contributed by atoms with Crippen molar-refractivity contribution in [2.24, 2.45) is 5.16 Å². The number of aliphatic carboxylic acids is 3. The van der Waals surface area contributed by atoms with Gasteiger partial charge in [0.1, 0.15) is 35.9 Å². The normalized spacial score (nSPS) is 20.0. The van der Waals surface area contributed by atoms with Crippen LogP contribution in [-0.4, -0.2) is 128 Å². The van der Waals surface area contributed by atoms with E-state index >= 15 is 0 Å². The number of phenolic OH excluding ortho intramolecular Hbond substituents is 2. The van der Waals surface area contributed by atoms with Gasteiger partial charge >= 0.3 is 17.9 Å². The molecule has 3 atom stereocenters. The number of hydrogen-bond acceptors (Lipinski definition) is 15. The number of oxime groups is 1. The van der Waals surface area contributed by atoms with Gasteiger partial charge in [0, 0.05) is 42.2 Å². The summed E-state index contributed by atoms with van der Waals surface area (Å²) in [5, 5.41) is 60.3. The number of carbonyl (C=O) groups excluding carboxylic acids is 2. The zero-order chi connectivity index (χ0) is 39.1. The van der Waals surface area contributed by atoms with Crippen molar-refractivity contribution in [1.82, 2.24) is 25.0 Å². The van der Waals surface area contributed by atoms with Crippen molar-refractivity contribution in [2.75, 3.05) is 31.1 Å². The first-order valence-corrected chi connectivity index (χ1v) is 18.5. The molecule has 22 heteroatoms. The molecule has 3 aromatic rings. The molecule has 3 aliphatic rings. The van der Waals surface area contributed by atoms with Gasteiger partial charge in [-0.05, 0) is 13.0 Å². The highest BCUT2D eigenvalue weighted by molar-refractivity contribution is 8.00. The van der Waals surface area contributed by atoms with Crippen molar-refractivity contribution < 1.29 is 58.8 Å². The summed E-state index contributed by atoms with van der Waals surface area (Å²) >= 11 is 2.14. The molecule has 0 unspecified atom stereocenters. The van der Waals surface area contributed by atoms with E-state index in [1.165, 1.54) is 29.3 Å². The minimum atomic E-state index is -1.95. The Morgan fingerprint density at radius 3 is 2.43 bits per heavy atom. The summed E-state index contributed by atoms with van der Waals surface area (Å²) in [5.41, 5.74) is 5.33.